The summed E-state index contributed by atoms with van der Waals surface area (Å²) in [6.45, 7) is 0. The molecule has 0 aromatic carbocycles. The molecular formula is C4HF8. The van der Waals surface area contributed by atoms with Crippen LogP contribution in [0.15, 0.2) is 0 Å². The Bertz CT molecular complexity index is 146. The molecule has 1 atom stereocenters. The van der Waals surface area contributed by atoms with Gasteiger partial charge in [-0.2, -0.15) is 30.7 Å². The molecule has 0 heterocycles. The van der Waals surface area contributed by atoms with Crippen LogP contribution in [0.4, 0.5) is 35.1 Å². The number of rotatable bonds is 2. The maximum absolute atomic E-state index is 11.6. The summed E-state index contributed by atoms with van der Waals surface area (Å²) < 4.78 is 90.0. The van der Waals surface area contributed by atoms with Gasteiger partial charge in [0.05, 0.1) is 0 Å². The second-order valence-corrected chi connectivity index (χ2v) is 1.79. The third-order valence-electron chi connectivity index (χ3n) is 0.858. The van der Waals surface area contributed by atoms with Crippen molar-refractivity contribution in [2.24, 2.45) is 0 Å². The predicted octanol–water partition coefficient (Wildman–Crippen LogP) is 2.95. The number of halogens is 8. The minimum Gasteiger partial charge on any atom is -0.230 e. The maximum Gasteiger partial charge on any atom is 0.425 e. The summed E-state index contributed by atoms with van der Waals surface area (Å²) in [6.07, 6.45) is -14.8. The molecule has 0 aliphatic carbocycles. The van der Waals surface area contributed by atoms with E-state index < -0.39 is 24.7 Å². The predicted molar refractivity (Wildman–Crippen MR) is 21.4 cm³/mol. The van der Waals surface area contributed by atoms with Gasteiger partial charge in [-0.05, 0) is 0 Å². The van der Waals surface area contributed by atoms with E-state index in [1.54, 1.807) is 0 Å². The molecule has 0 rings (SSSR count). The Balaban J connectivity index is 4.57. The highest BCUT2D eigenvalue weighted by Crippen LogP contribution is 2.41. The van der Waals surface area contributed by atoms with Gasteiger partial charge in [-0.3, -0.25) is 0 Å². The van der Waals surface area contributed by atoms with Gasteiger partial charge in [0.15, 0.2) is 0 Å². The summed E-state index contributed by atoms with van der Waals surface area (Å²) in [4.78, 5) is 0. The zero-order valence-corrected chi connectivity index (χ0v) is 5.10. The second-order valence-electron chi connectivity index (χ2n) is 1.79. The lowest BCUT2D eigenvalue weighted by Gasteiger charge is -2.20. The number of alkyl halides is 6. The molecule has 73 valence electrons. The molecular weight excluding hydrogens is 200 g/mol. The highest BCUT2D eigenvalue weighted by molar-refractivity contribution is 4.93. The smallest absolute Gasteiger partial charge is 0.230 e. The monoisotopic (exact) mass is 201 g/mol. The van der Waals surface area contributed by atoms with Crippen LogP contribution in [-0.2, 0) is 0 Å². The molecule has 0 fully saturated rings. The van der Waals surface area contributed by atoms with Crippen molar-refractivity contribution >= 4 is 0 Å². The van der Waals surface area contributed by atoms with Crippen LogP contribution in [0.5, 0.6) is 0 Å². The van der Waals surface area contributed by atoms with Gasteiger partial charge in [0.25, 0.3) is 6.17 Å². The standard InChI is InChI=1S/C4HF8/c5-1(4(10,11)12)3(8,9)2(6)7/h1H. The fourth-order valence-electron chi connectivity index (χ4n) is 0.301. The number of hydrogen-bond acceptors (Lipinski definition) is 0. The lowest BCUT2D eigenvalue weighted by molar-refractivity contribution is -0.253. The van der Waals surface area contributed by atoms with Crippen molar-refractivity contribution in [3.05, 3.63) is 6.43 Å². The molecule has 0 amide bonds. The van der Waals surface area contributed by atoms with Crippen molar-refractivity contribution in [2.75, 3.05) is 0 Å². The quantitative estimate of drug-likeness (QED) is 0.602. The van der Waals surface area contributed by atoms with Gasteiger partial charge in [-0.15, -0.1) is 0 Å². The van der Waals surface area contributed by atoms with Crippen molar-refractivity contribution < 1.29 is 35.1 Å². The van der Waals surface area contributed by atoms with Crippen LogP contribution in [-0.4, -0.2) is 18.3 Å². The van der Waals surface area contributed by atoms with Crippen LogP contribution in [0, 0.1) is 6.43 Å². The molecule has 0 aliphatic rings. The maximum atomic E-state index is 11.6. The van der Waals surface area contributed by atoms with Gasteiger partial charge in [-0.1, -0.05) is 0 Å². The Hall–Kier alpha value is -0.560. The molecule has 0 aliphatic heterocycles. The molecule has 12 heavy (non-hydrogen) atoms. The summed E-state index contributed by atoms with van der Waals surface area (Å²) in [5, 5.41) is 0. The van der Waals surface area contributed by atoms with E-state index in [0.717, 1.165) is 0 Å². The summed E-state index contributed by atoms with van der Waals surface area (Å²) in [7, 11) is 0. The van der Waals surface area contributed by atoms with Crippen molar-refractivity contribution in [2.45, 2.75) is 18.3 Å². The van der Waals surface area contributed by atoms with E-state index in [0.29, 0.717) is 0 Å². The molecule has 1 unspecified atom stereocenters. The molecule has 8 heteroatoms. The van der Waals surface area contributed by atoms with E-state index in [1.807, 2.05) is 0 Å². The Morgan fingerprint density at radius 2 is 1.25 bits per heavy atom. The van der Waals surface area contributed by atoms with Gasteiger partial charge in [0, 0.05) is 0 Å². The lowest BCUT2D eigenvalue weighted by Crippen LogP contribution is -2.43. The van der Waals surface area contributed by atoms with E-state index in [4.69, 9.17) is 0 Å². The van der Waals surface area contributed by atoms with E-state index in [1.165, 1.54) is 0 Å². The van der Waals surface area contributed by atoms with Crippen molar-refractivity contribution in [1.82, 2.24) is 0 Å². The number of hydrogen-bond donors (Lipinski definition) is 0. The van der Waals surface area contributed by atoms with Crippen LogP contribution in [0.25, 0.3) is 0 Å². The highest BCUT2D eigenvalue weighted by Gasteiger charge is 2.63. The van der Waals surface area contributed by atoms with E-state index >= 15 is 0 Å². The normalized spacial score (nSPS) is 16.8. The van der Waals surface area contributed by atoms with Crippen LogP contribution >= 0.6 is 0 Å². The average Bonchev–Trinajstić information content (AvgIpc) is 1.83. The molecule has 0 saturated carbocycles. The minimum atomic E-state index is -5.99. The summed E-state index contributed by atoms with van der Waals surface area (Å²) in [6, 6.07) is 0. The summed E-state index contributed by atoms with van der Waals surface area (Å²) >= 11 is 0. The van der Waals surface area contributed by atoms with Crippen molar-refractivity contribution in [3.63, 3.8) is 0 Å². The first kappa shape index (κ1) is 11.4. The van der Waals surface area contributed by atoms with Crippen LogP contribution in [0.1, 0.15) is 0 Å². The molecule has 0 aromatic heterocycles. The highest BCUT2D eigenvalue weighted by atomic mass is 19.4. The van der Waals surface area contributed by atoms with Gasteiger partial charge in [0.1, 0.15) is 0 Å². The Morgan fingerprint density at radius 3 is 1.33 bits per heavy atom. The van der Waals surface area contributed by atoms with Gasteiger partial charge in [-0.25, -0.2) is 4.39 Å². The molecule has 0 saturated heterocycles. The lowest BCUT2D eigenvalue weighted by atomic mass is 10.2. The van der Waals surface area contributed by atoms with E-state index in [2.05, 4.69) is 0 Å². The molecule has 0 aromatic rings. The SMILES string of the molecule is F[C](F)C(F)(F)C(F)C(F)(F)F. The van der Waals surface area contributed by atoms with Crippen molar-refractivity contribution in [3.8, 4) is 0 Å². The summed E-state index contributed by atoms with van der Waals surface area (Å²) in [5.74, 6) is -5.77. The van der Waals surface area contributed by atoms with Gasteiger partial charge in [0.2, 0.25) is 0 Å². The molecule has 0 nitrogen and oxygen atoms in total. The van der Waals surface area contributed by atoms with Gasteiger partial charge >= 0.3 is 18.5 Å². The van der Waals surface area contributed by atoms with E-state index in [9.17, 15) is 35.1 Å². The fraction of sp³-hybridized carbons (Fsp3) is 0.750. The summed E-state index contributed by atoms with van der Waals surface area (Å²) in [5.41, 5.74) is 0. The Labute approximate surface area is 61.2 Å². The van der Waals surface area contributed by atoms with Crippen LogP contribution < -0.4 is 0 Å². The zero-order valence-electron chi connectivity index (χ0n) is 5.10. The third kappa shape index (κ3) is 2.21. The van der Waals surface area contributed by atoms with Crippen molar-refractivity contribution in [1.29, 1.82) is 0 Å². The third-order valence-corrected chi connectivity index (χ3v) is 0.858. The van der Waals surface area contributed by atoms with E-state index in [-0.39, 0.29) is 0 Å². The molecule has 1 radical (unpaired) electrons. The van der Waals surface area contributed by atoms with Crippen LogP contribution in [0.2, 0.25) is 0 Å². The first-order chi connectivity index (χ1) is 5.10. The second kappa shape index (κ2) is 3.06. The minimum absolute atomic E-state index is 3.90. The first-order valence-corrected chi connectivity index (χ1v) is 2.37. The molecule has 0 bridgehead atoms. The topological polar surface area (TPSA) is 0 Å². The largest absolute Gasteiger partial charge is 0.425 e. The fourth-order valence-corrected chi connectivity index (χ4v) is 0.301. The van der Waals surface area contributed by atoms with Crippen LogP contribution in [0.3, 0.4) is 0 Å². The Morgan fingerprint density at radius 1 is 0.917 bits per heavy atom. The first-order valence-electron chi connectivity index (χ1n) is 2.37. The van der Waals surface area contributed by atoms with Gasteiger partial charge < -0.3 is 0 Å². The molecule has 0 spiro atoms. The Kier molecular flexibility index (Phi) is 2.92. The average molecular weight is 201 g/mol. The zero-order chi connectivity index (χ0) is 10.2. The molecule has 0 N–H and O–H groups in total.